The summed E-state index contributed by atoms with van der Waals surface area (Å²) in [6, 6.07) is 8.66. The Bertz CT molecular complexity index is 1630. The minimum absolute atomic E-state index is 0.0401. The van der Waals surface area contributed by atoms with Crippen molar-refractivity contribution in [2.24, 2.45) is 5.41 Å². The number of carbonyl (C=O) groups excluding carboxylic acids is 4. The monoisotopic (exact) mass is 687 g/mol. The molecule has 1 aliphatic carbocycles. The number of benzene rings is 2. The Kier molecular flexibility index (Phi) is 9.33. The van der Waals surface area contributed by atoms with Crippen LogP contribution in [0.1, 0.15) is 12.8 Å². The zero-order chi connectivity index (χ0) is 32.3. The summed E-state index contributed by atoms with van der Waals surface area (Å²) in [6.07, 6.45) is 1.34. The molecular weight excluding hydrogens is 658 g/mol. The second kappa shape index (κ2) is 13.2. The maximum atomic E-state index is 14.9. The first kappa shape index (κ1) is 31.8. The van der Waals surface area contributed by atoms with Crippen molar-refractivity contribution in [3.8, 4) is 11.5 Å². The van der Waals surface area contributed by atoms with Crippen LogP contribution in [-0.2, 0) is 19.1 Å². The normalized spacial score (nSPS) is 15.1. The van der Waals surface area contributed by atoms with Crippen LogP contribution in [0.4, 0.5) is 35.2 Å². The van der Waals surface area contributed by atoms with E-state index in [1.807, 2.05) is 11.4 Å². The van der Waals surface area contributed by atoms with Gasteiger partial charge >= 0.3 is 127 Å². The molecule has 0 unspecified atom stereocenters. The van der Waals surface area contributed by atoms with Gasteiger partial charge in [-0.3, -0.25) is 9.59 Å². The number of anilines is 3. The number of amides is 4. The Morgan fingerprint density at radius 3 is 2.29 bits per heavy atom. The minimum atomic E-state index is -1.47. The van der Waals surface area contributed by atoms with Crippen LogP contribution in [0.3, 0.4) is 0 Å². The van der Waals surface area contributed by atoms with Gasteiger partial charge in [0.25, 0.3) is 0 Å². The fraction of sp³-hybridized carbons (Fsp3) is 0.300. The molecule has 2 aromatic carbocycles. The van der Waals surface area contributed by atoms with Crippen LogP contribution < -0.4 is 20.7 Å². The molecule has 15 heteroatoms. The molecule has 3 N–H and O–H groups in total. The van der Waals surface area contributed by atoms with Crippen LogP contribution >= 0.6 is 0 Å². The van der Waals surface area contributed by atoms with Gasteiger partial charge < -0.3 is 10.6 Å². The Morgan fingerprint density at radius 1 is 0.933 bits per heavy atom. The topological polar surface area (TPSA) is 139 Å². The molecule has 2 aliphatic rings. The summed E-state index contributed by atoms with van der Waals surface area (Å²) in [6.45, 7) is 0.475. The quantitative estimate of drug-likeness (QED) is 0.152. The molecule has 4 amide bonds. The second-order valence-corrected chi connectivity index (χ2v) is 16.1. The van der Waals surface area contributed by atoms with E-state index in [2.05, 4.69) is 20.9 Å². The summed E-state index contributed by atoms with van der Waals surface area (Å²) in [7, 11) is 0. The number of hydrogen-bond acceptors (Lipinski definition) is 7. The number of pyridine rings is 1. The van der Waals surface area contributed by atoms with Crippen molar-refractivity contribution in [3.05, 3.63) is 72.2 Å². The van der Waals surface area contributed by atoms with Gasteiger partial charge in [-0.15, -0.1) is 0 Å². The van der Waals surface area contributed by atoms with E-state index >= 15 is 0 Å². The third kappa shape index (κ3) is 7.74. The Hall–Kier alpha value is -4.58. The fourth-order valence-electron chi connectivity index (χ4n) is 4.43. The molecule has 1 saturated heterocycles. The predicted molar refractivity (Wildman–Crippen MR) is 159 cm³/mol. The zero-order valence-electron chi connectivity index (χ0n) is 24.2. The molecule has 2 heterocycles. The maximum absolute atomic E-state index is 14.9. The molecule has 1 aliphatic heterocycles. The summed E-state index contributed by atoms with van der Waals surface area (Å²) < 4.78 is 53.9. The molecule has 45 heavy (non-hydrogen) atoms. The molecule has 1 saturated carbocycles. The van der Waals surface area contributed by atoms with Gasteiger partial charge in [0.2, 0.25) is 11.8 Å². The van der Waals surface area contributed by atoms with Crippen molar-refractivity contribution < 1.29 is 41.8 Å². The molecule has 0 bridgehead atoms. The molecule has 3 aromatic rings. The van der Waals surface area contributed by atoms with Crippen LogP contribution in [0, 0.1) is 22.9 Å². The van der Waals surface area contributed by atoms with E-state index in [0.29, 0.717) is 5.21 Å². The number of esters is 1. The van der Waals surface area contributed by atoms with Crippen molar-refractivity contribution in [3.63, 3.8) is 0 Å². The number of nitrogens with one attached hydrogen (secondary N) is 3. The molecule has 5 rings (SSSR count). The van der Waals surface area contributed by atoms with Gasteiger partial charge in [0, 0.05) is 17.8 Å². The van der Waals surface area contributed by atoms with Crippen LogP contribution in [0.2, 0.25) is 16.6 Å². The van der Waals surface area contributed by atoms with Crippen molar-refractivity contribution in [1.29, 1.82) is 0 Å². The van der Waals surface area contributed by atoms with Crippen molar-refractivity contribution in [2.45, 2.75) is 35.6 Å². The van der Waals surface area contributed by atoms with Crippen LogP contribution in [0.5, 0.6) is 11.5 Å². The van der Waals surface area contributed by atoms with Gasteiger partial charge in [-0.1, -0.05) is 0 Å². The SMILES string of the molecule is C[As](C)CC(=O)OC1CN(C(=O)Nc2cc(Oc3cc(F)c(NC(=O)C4(C(=O)Nc5ccc(F)cc5)CC4)cc3F)ccn2)C1. The van der Waals surface area contributed by atoms with E-state index in [-0.39, 0.29) is 55.3 Å². The molecule has 0 radical (unpaired) electrons. The number of aromatic nitrogens is 1. The summed E-state index contributed by atoms with van der Waals surface area (Å²) in [5.41, 5.74) is 2.42. The van der Waals surface area contributed by atoms with E-state index in [0.717, 1.165) is 24.3 Å². The van der Waals surface area contributed by atoms with E-state index in [1.54, 1.807) is 0 Å². The van der Waals surface area contributed by atoms with Crippen molar-refractivity contribution in [2.75, 3.05) is 29.0 Å². The van der Waals surface area contributed by atoms with Gasteiger partial charge in [0.15, 0.2) is 17.4 Å². The summed E-state index contributed by atoms with van der Waals surface area (Å²) in [5.74, 6) is -4.60. The fourth-order valence-corrected chi connectivity index (χ4v) is 5.67. The molecule has 0 atom stereocenters. The van der Waals surface area contributed by atoms with E-state index in [1.165, 1.54) is 35.4 Å². The summed E-state index contributed by atoms with van der Waals surface area (Å²) in [5, 5.41) is 7.83. The number of halogens is 3. The van der Waals surface area contributed by atoms with E-state index < -0.39 is 66.8 Å². The number of likely N-dealkylation sites (tertiary alicyclic amines) is 1. The summed E-state index contributed by atoms with van der Waals surface area (Å²) in [4.78, 5) is 55.5. The standard InChI is InChI=1S/C30H29AsF3N5O6/c1-31(2)14-26(40)45-20-15-39(16-20)29(43)38-25-11-19(7-10-35-25)44-24-13-21(33)23(12-22(24)34)37-28(42)30(8-9-30)27(41)36-18-5-3-17(32)4-6-18/h3-7,10-13,20H,8-9,14-16H2,1-2H3,(H,36,41)(H,37,42)(H,35,38,43). The van der Waals surface area contributed by atoms with Crippen molar-refractivity contribution in [1.82, 2.24) is 9.88 Å². The predicted octanol–water partition coefficient (Wildman–Crippen LogP) is 5.16. The number of rotatable bonds is 10. The van der Waals surface area contributed by atoms with Gasteiger partial charge in [-0.2, -0.15) is 0 Å². The van der Waals surface area contributed by atoms with Crippen LogP contribution in [0.25, 0.3) is 0 Å². The van der Waals surface area contributed by atoms with Gasteiger partial charge in [0.05, 0.1) is 5.69 Å². The molecule has 236 valence electrons. The van der Waals surface area contributed by atoms with Crippen molar-refractivity contribution >= 4 is 55.7 Å². The molecule has 1 aromatic heterocycles. The first-order chi connectivity index (χ1) is 21.4. The Morgan fingerprint density at radius 2 is 1.62 bits per heavy atom. The molecule has 11 nitrogen and oxygen atoms in total. The van der Waals surface area contributed by atoms with Gasteiger partial charge in [0.1, 0.15) is 11.2 Å². The third-order valence-corrected chi connectivity index (χ3v) is 8.93. The van der Waals surface area contributed by atoms with Gasteiger partial charge in [-0.25, -0.2) is 13.2 Å². The molecule has 0 spiro atoms. The first-order valence-corrected chi connectivity index (χ1v) is 18.9. The molecule has 2 fully saturated rings. The number of ether oxygens (including phenoxy) is 2. The number of nitrogens with zero attached hydrogens (tertiary/aromatic N) is 2. The van der Waals surface area contributed by atoms with E-state index in [9.17, 15) is 32.3 Å². The summed E-state index contributed by atoms with van der Waals surface area (Å²) >= 11 is -1.15. The number of carbonyl (C=O) groups is 4. The zero-order valence-corrected chi connectivity index (χ0v) is 26.1. The van der Waals surface area contributed by atoms with Crippen LogP contribution in [-0.4, -0.2) is 67.5 Å². The van der Waals surface area contributed by atoms with E-state index in [4.69, 9.17) is 9.47 Å². The first-order valence-electron chi connectivity index (χ1n) is 13.8. The van der Waals surface area contributed by atoms with Crippen LogP contribution in [0.15, 0.2) is 54.7 Å². The number of urea groups is 1. The average Bonchev–Trinajstić information content (AvgIpc) is 3.77. The van der Waals surface area contributed by atoms with Gasteiger partial charge in [-0.05, 0) is 37.1 Å². The number of hydrogen-bond donors (Lipinski definition) is 3. The molecular formula is C30H29AsF3N5O6. The Balaban J connectivity index is 1.16. The average molecular weight is 688 g/mol. The second-order valence-electron chi connectivity index (χ2n) is 10.9. The Labute approximate surface area is 260 Å². The third-order valence-electron chi connectivity index (χ3n) is 7.06.